The fraction of sp³-hybridized carbons (Fsp3) is 0.542. The number of ether oxygens (including phenoxy) is 1. The number of morpholine rings is 1. The van der Waals surface area contributed by atoms with Gasteiger partial charge in [-0.25, -0.2) is 4.79 Å². The zero-order chi connectivity index (χ0) is 22.0. The Kier molecular flexibility index (Phi) is 5.63. The number of anilines is 2. The largest absolute Gasteiger partial charge is 0.478 e. The molecule has 4 fully saturated rings. The highest BCUT2D eigenvalue weighted by molar-refractivity contribution is 5.85. The summed E-state index contributed by atoms with van der Waals surface area (Å²) in [7, 11) is 0. The van der Waals surface area contributed by atoms with E-state index < -0.39 is 5.97 Å². The topological polar surface area (TPSA) is 101 Å². The summed E-state index contributed by atoms with van der Waals surface area (Å²) in [5.41, 5.74) is 2.23. The van der Waals surface area contributed by atoms with E-state index in [0.29, 0.717) is 24.6 Å². The van der Waals surface area contributed by atoms with E-state index in [0.717, 1.165) is 75.3 Å². The second-order valence-electron chi connectivity index (χ2n) is 9.43. The van der Waals surface area contributed by atoms with E-state index in [4.69, 9.17) is 19.4 Å². The van der Waals surface area contributed by atoms with Crippen LogP contribution in [0.15, 0.2) is 34.9 Å². The van der Waals surface area contributed by atoms with Gasteiger partial charge in [-0.2, -0.15) is 4.98 Å². The number of nitrogens with zero attached hydrogens (tertiary/aromatic N) is 3. The van der Waals surface area contributed by atoms with Crippen molar-refractivity contribution in [2.75, 3.05) is 43.1 Å². The van der Waals surface area contributed by atoms with Gasteiger partial charge in [0.2, 0.25) is 5.89 Å². The average Bonchev–Trinajstić information content (AvgIpc) is 3.35. The van der Waals surface area contributed by atoms with Crippen molar-refractivity contribution in [2.24, 2.45) is 5.41 Å². The minimum Gasteiger partial charge on any atom is -0.478 e. The van der Waals surface area contributed by atoms with E-state index in [9.17, 15) is 4.79 Å². The van der Waals surface area contributed by atoms with Crippen LogP contribution in [0.4, 0.5) is 11.6 Å². The van der Waals surface area contributed by atoms with E-state index in [1.165, 1.54) is 6.08 Å². The molecule has 0 unspecified atom stereocenters. The van der Waals surface area contributed by atoms with Crippen LogP contribution in [-0.2, 0) is 14.9 Å². The van der Waals surface area contributed by atoms with Crippen LogP contribution >= 0.6 is 0 Å². The van der Waals surface area contributed by atoms with Crippen LogP contribution < -0.4 is 10.2 Å². The number of fused-ring (bicyclic) bond motifs is 3. The zero-order valence-electron chi connectivity index (χ0n) is 18.3. The summed E-state index contributed by atoms with van der Waals surface area (Å²) in [6, 6.07) is 7.90. The van der Waals surface area contributed by atoms with Crippen LogP contribution in [0.1, 0.15) is 50.0 Å². The maximum atomic E-state index is 10.8. The molecule has 0 spiro atoms. The first-order valence-electron chi connectivity index (χ1n) is 11.5. The van der Waals surface area contributed by atoms with Crippen LogP contribution in [-0.4, -0.2) is 54.1 Å². The maximum absolute atomic E-state index is 10.8. The number of aromatic nitrogens is 2. The Morgan fingerprint density at radius 1 is 1.16 bits per heavy atom. The molecule has 6 rings (SSSR count). The van der Waals surface area contributed by atoms with Crippen molar-refractivity contribution >= 4 is 23.7 Å². The molecule has 1 aromatic heterocycles. The second-order valence-corrected chi connectivity index (χ2v) is 9.43. The number of hydrogen-bond acceptors (Lipinski definition) is 7. The highest BCUT2D eigenvalue weighted by Gasteiger charge is 2.52. The number of aliphatic carboxylic acids is 1. The van der Waals surface area contributed by atoms with Crippen molar-refractivity contribution in [2.45, 2.75) is 43.9 Å². The van der Waals surface area contributed by atoms with E-state index >= 15 is 0 Å². The predicted molar refractivity (Wildman–Crippen MR) is 121 cm³/mol. The molecule has 0 atom stereocenters. The summed E-state index contributed by atoms with van der Waals surface area (Å²) in [6.45, 7) is 3.98. The fourth-order valence-electron chi connectivity index (χ4n) is 5.38. The Morgan fingerprint density at radius 2 is 1.91 bits per heavy atom. The smallest absolute Gasteiger partial charge is 0.328 e. The molecular formula is C24H30N4O4. The molecule has 2 bridgehead atoms. The quantitative estimate of drug-likeness (QED) is 0.631. The highest BCUT2D eigenvalue weighted by atomic mass is 16.5. The average molecular weight is 439 g/mol. The molecule has 0 amide bonds. The van der Waals surface area contributed by atoms with Gasteiger partial charge in [0.25, 0.3) is 5.95 Å². The summed E-state index contributed by atoms with van der Waals surface area (Å²) < 4.78 is 11.2. The molecular weight excluding hydrogens is 408 g/mol. The van der Waals surface area contributed by atoms with E-state index in [1.54, 1.807) is 6.08 Å². The molecule has 1 saturated heterocycles. The Morgan fingerprint density at radius 3 is 2.62 bits per heavy atom. The third-order valence-corrected chi connectivity index (χ3v) is 7.54. The number of carboxylic acids is 1. The summed E-state index contributed by atoms with van der Waals surface area (Å²) >= 11 is 0. The lowest BCUT2D eigenvalue weighted by Gasteiger charge is -2.52. The molecule has 8 heteroatoms. The minimum atomic E-state index is -0.937. The van der Waals surface area contributed by atoms with Gasteiger partial charge in [-0.1, -0.05) is 12.1 Å². The van der Waals surface area contributed by atoms with Crippen LogP contribution in [0.5, 0.6) is 0 Å². The van der Waals surface area contributed by atoms with Crippen molar-refractivity contribution in [1.29, 1.82) is 0 Å². The van der Waals surface area contributed by atoms with E-state index in [2.05, 4.69) is 15.4 Å². The SMILES string of the molecule is O=C(O)/C=C/c1cccc(NCC23CCC(c4nc(N5CCOCC5)no4)(CC2)CC3)c1. The Labute approximate surface area is 187 Å². The van der Waals surface area contributed by atoms with Gasteiger partial charge in [-0.3, -0.25) is 0 Å². The van der Waals surface area contributed by atoms with Gasteiger partial charge in [0, 0.05) is 36.8 Å². The van der Waals surface area contributed by atoms with E-state index in [-0.39, 0.29) is 5.41 Å². The van der Waals surface area contributed by atoms with Crippen molar-refractivity contribution in [3.05, 3.63) is 41.8 Å². The molecule has 4 aliphatic rings. The molecule has 1 aliphatic heterocycles. The van der Waals surface area contributed by atoms with E-state index in [1.807, 2.05) is 24.3 Å². The van der Waals surface area contributed by atoms with Crippen molar-refractivity contribution in [1.82, 2.24) is 10.1 Å². The second kappa shape index (κ2) is 8.58. The predicted octanol–water partition coefficient (Wildman–Crippen LogP) is 3.71. The first-order chi connectivity index (χ1) is 15.6. The lowest BCUT2D eigenvalue weighted by molar-refractivity contribution is -0.131. The summed E-state index contributed by atoms with van der Waals surface area (Å²) in [6.07, 6.45) is 9.48. The molecule has 2 N–H and O–H groups in total. The summed E-state index contributed by atoms with van der Waals surface area (Å²) in [4.78, 5) is 17.7. The monoisotopic (exact) mass is 438 g/mol. The molecule has 0 radical (unpaired) electrons. The molecule has 2 heterocycles. The minimum absolute atomic E-state index is 0.0286. The zero-order valence-corrected chi connectivity index (χ0v) is 18.3. The molecule has 170 valence electrons. The first kappa shape index (κ1) is 21.0. The van der Waals surface area contributed by atoms with Gasteiger partial charge in [-0.05, 0) is 72.9 Å². The molecule has 32 heavy (non-hydrogen) atoms. The number of hydrogen-bond donors (Lipinski definition) is 2. The molecule has 3 saturated carbocycles. The number of nitrogens with one attached hydrogen (secondary N) is 1. The lowest BCUT2D eigenvalue weighted by Crippen LogP contribution is -2.47. The number of carbonyl (C=O) groups is 1. The fourth-order valence-corrected chi connectivity index (χ4v) is 5.38. The highest BCUT2D eigenvalue weighted by Crippen LogP contribution is 2.57. The van der Waals surface area contributed by atoms with Crippen LogP contribution in [0.2, 0.25) is 0 Å². The summed E-state index contributed by atoms with van der Waals surface area (Å²) in [5.74, 6) is 0.588. The van der Waals surface area contributed by atoms with Crippen LogP contribution in [0.3, 0.4) is 0 Å². The third kappa shape index (κ3) is 4.24. The Bertz CT molecular complexity index is 971. The number of carboxylic acid groups (broad SMARTS) is 1. The Hall–Kier alpha value is -2.87. The first-order valence-corrected chi connectivity index (χ1v) is 11.5. The molecule has 8 nitrogen and oxygen atoms in total. The standard InChI is InChI=1S/C24H30N4O4/c29-20(30)5-4-18-2-1-3-19(16-18)25-17-23-6-9-24(10-7-23,11-8-23)21-26-22(27-32-21)28-12-14-31-15-13-28/h1-5,16,25H,6-15,17H2,(H,29,30)/b5-4+. The van der Waals surface area contributed by atoms with Gasteiger partial charge < -0.3 is 24.6 Å². The van der Waals surface area contributed by atoms with Gasteiger partial charge in [-0.15, -0.1) is 0 Å². The molecule has 2 aromatic rings. The van der Waals surface area contributed by atoms with Crippen molar-refractivity contribution in [3.63, 3.8) is 0 Å². The summed E-state index contributed by atoms with van der Waals surface area (Å²) in [5, 5.41) is 16.7. The maximum Gasteiger partial charge on any atom is 0.328 e. The van der Waals surface area contributed by atoms with Crippen molar-refractivity contribution < 1.29 is 19.2 Å². The van der Waals surface area contributed by atoms with Gasteiger partial charge in [0.05, 0.1) is 13.2 Å². The lowest BCUT2D eigenvalue weighted by atomic mass is 9.53. The molecule has 1 aromatic carbocycles. The number of benzene rings is 1. The van der Waals surface area contributed by atoms with Gasteiger partial charge in [0.15, 0.2) is 0 Å². The number of rotatable bonds is 7. The normalized spacial score (nSPS) is 27.7. The van der Waals surface area contributed by atoms with Gasteiger partial charge >= 0.3 is 5.97 Å². The molecule has 3 aliphatic carbocycles. The van der Waals surface area contributed by atoms with Crippen molar-refractivity contribution in [3.8, 4) is 0 Å². The Balaban J connectivity index is 1.20. The van der Waals surface area contributed by atoms with Gasteiger partial charge in [0.1, 0.15) is 0 Å². The third-order valence-electron chi connectivity index (χ3n) is 7.54. The van der Waals surface area contributed by atoms with Crippen LogP contribution in [0, 0.1) is 5.41 Å². The van der Waals surface area contributed by atoms with Crippen LogP contribution in [0.25, 0.3) is 6.08 Å².